The maximum absolute atomic E-state index is 14.9. The summed E-state index contributed by atoms with van der Waals surface area (Å²) in [6.45, 7) is 5.26. The Kier molecular flexibility index (Phi) is 7.24. The topological polar surface area (TPSA) is 41.2 Å². The number of hydrogen-bond acceptors (Lipinski definition) is 3. The van der Waals surface area contributed by atoms with Crippen LogP contribution in [0.5, 0.6) is 5.75 Å². The molecule has 27 heavy (non-hydrogen) atoms. The summed E-state index contributed by atoms with van der Waals surface area (Å²) in [5.74, 6) is -1.21. The van der Waals surface area contributed by atoms with Crippen molar-refractivity contribution in [2.75, 3.05) is 20.2 Å². The highest BCUT2D eigenvalue weighted by Crippen LogP contribution is 2.39. The molecule has 0 saturated heterocycles. The van der Waals surface area contributed by atoms with Crippen LogP contribution in [0.15, 0.2) is 18.3 Å². The van der Waals surface area contributed by atoms with Crippen LogP contribution in [0.1, 0.15) is 44.4 Å². The zero-order valence-electron chi connectivity index (χ0n) is 15.8. The first-order valence-electron chi connectivity index (χ1n) is 9.02. The molecule has 0 saturated carbocycles. The molecule has 0 spiro atoms. The summed E-state index contributed by atoms with van der Waals surface area (Å²) in [5, 5.41) is 6.70. The average Bonchev–Trinajstić information content (AvgIpc) is 3.05. The minimum absolute atomic E-state index is 0.135. The first-order valence-corrected chi connectivity index (χ1v) is 9.02. The molecule has 0 bridgehead atoms. The zero-order chi connectivity index (χ0) is 20.0. The number of aromatic amines is 1. The molecule has 1 aromatic carbocycles. The van der Waals surface area contributed by atoms with Crippen molar-refractivity contribution < 1.29 is 22.3 Å². The molecule has 0 unspecified atom stereocenters. The van der Waals surface area contributed by atoms with Crippen molar-refractivity contribution in [3.05, 3.63) is 35.4 Å². The van der Waals surface area contributed by atoms with Crippen LogP contribution in [-0.2, 0) is 12.7 Å². The molecule has 2 aromatic rings. The second-order valence-corrected chi connectivity index (χ2v) is 6.54. The van der Waals surface area contributed by atoms with Gasteiger partial charge in [-0.05, 0) is 38.6 Å². The molecular weight excluding hydrogens is 362 g/mol. The van der Waals surface area contributed by atoms with E-state index >= 15 is 0 Å². The van der Waals surface area contributed by atoms with Crippen molar-refractivity contribution in [1.29, 1.82) is 0 Å². The normalized spacial score (nSPS) is 12.0. The molecule has 2 rings (SSSR count). The molecule has 0 aliphatic carbocycles. The lowest BCUT2D eigenvalue weighted by Crippen LogP contribution is -2.19. The molecule has 0 aliphatic heterocycles. The minimum atomic E-state index is -4.60. The van der Waals surface area contributed by atoms with E-state index in [1.807, 2.05) is 11.9 Å². The number of aromatic nitrogens is 2. The van der Waals surface area contributed by atoms with Crippen LogP contribution in [0.25, 0.3) is 11.1 Å². The minimum Gasteiger partial charge on any atom is -0.490 e. The van der Waals surface area contributed by atoms with E-state index in [0.29, 0.717) is 30.3 Å². The maximum atomic E-state index is 14.9. The number of ether oxygens (including phenoxy) is 1. The lowest BCUT2D eigenvalue weighted by atomic mass is 10.0. The summed E-state index contributed by atoms with van der Waals surface area (Å²) in [6, 6.07) is 1.52. The van der Waals surface area contributed by atoms with Crippen LogP contribution in [0, 0.1) is 5.82 Å². The van der Waals surface area contributed by atoms with Crippen LogP contribution in [0.4, 0.5) is 17.6 Å². The first-order chi connectivity index (χ1) is 12.8. The predicted octanol–water partition coefficient (Wildman–Crippen LogP) is 5.26. The summed E-state index contributed by atoms with van der Waals surface area (Å²) < 4.78 is 60.0. The quantitative estimate of drug-likeness (QED) is 0.597. The molecule has 0 aliphatic rings. The highest BCUT2D eigenvalue weighted by molar-refractivity contribution is 5.69. The number of unbranched alkanes of at least 4 members (excludes halogenated alkanes) is 1. The fourth-order valence-corrected chi connectivity index (χ4v) is 2.72. The van der Waals surface area contributed by atoms with Gasteiger partial charge in [0.05, 0.1) is 24.1 Å². The van der Waals surface area contributed by atoms with Crippen LogP contribution in [-0.4, -0.2) is 35.3 Å². The Morgan fingerprint density at radius 2 is 1.89 bits per heavy atom. The molecule has 150 valence electrons. The van der Waals surface area contributed by atoms with Crippen molar-refractivity contribution in [3.8, 4) is 16.9 Å². The van der Waals surface area contributed by atoms with E-state index in [0.717, 1.165) is 25.5 Å². The summed E-state index contributed by atoms with van der Waals surface area (Å²) >= 11 is 0. The number of hydrogen-bond donors (Lipinski definition) is 1. The monoisotopic (exact) mass is 387 g/mol. The molecule has 8 heteroatoms. The molecular formula is C19H25F4N3O. The molecule has 0 fully saturated rings. The fraction of sp³-hybridized carbons (Fsp3) is 0.526. The second-order valence-electron chi connectivity index (χ2n) is 6.54. The van der Waals surface area contributed by atoms with Gasteiger partial charge in [0.25, 0.3) is 0 Å². The first kappa shape index (κ1) is 21.2. The molecule has 1 N–H and O–H groups in total. The number of rotatable bonds is 9. The molecule has 4 nitrogen and oxygen atoms in total. The maximum Gasteiger partial charge on any atom is 0.416 e. The summed E-state index contributed by atoms with van der Waals surface area (Å²) in [7, 11) is 1.90. The Balaban J connectivity index is 2.44. The summed E-state index contributed by atoms with van der Waals surface area (Å²) in [4.78, 5) is 2.01. The smallest absolute Gasteiger partial charge is 0.416 e. The SMILES string of the molecule is CCCCN(C)Cc1[nH]ncc1-c1cc(C(F)(F)F)cc(OCCC)c1F. The third kappa shape index (κ3) is 5.45. The molecule has 0 atom stereocenters. The van der Waals surface area contributed by atoms with Gasteiger partial charge < -0.3 is 9.64 Å². The van der Waals surface area contributed by atoms with Gasteiger partial charge in [0.15, 0.2) is 11.6 Å². The molecule has 1 heterocycles. The van der Waals surface area contributed by atoms with E-state index in [-0.39, 0.29) is 12.2 Å². The van der Waals surface area contributed by atoms with Gasteiger partial charge in [-0.2, -0.15) is 18.3 Å². The van der Waals surface area contributed by atoms with Crippen molar-refractivity contribution >= 4 is 0 Å². The lowest BCUT2D eigenvalue weighted by molar-refractivity contribution is -0.137. The largest absolute Gasteiger partial charge is 0.490 e. The fourth-order valence-electron chi connectivity index (χ4n) is 2.72. The standard InChI is InChI=1S/C19H25F4N3O/c1-4-6-7-26(3)12-16-15(11-24-25-16)14-9-13(19(21,22)23)10-17(18(14)20)27-8-5-2/h9-11H,4-8,12H2,1-3H3,(H,24,25). The zero-order valence-corrected chi connectivity index (χ0v) is 15.8. The van der Waals surface area contributed by atoms with Gasteiger partial charge in [-0.1, -0.05) is 20.3 Å². The summed E-state index contributed by atoms with van der Waals surface area (Å²) in [6.07, 6.45) is -0.669. The Hall–Kier alpha value is -2.09. The lowest BCUT2D eigenvalue weighted by Gasteiger charge is -2.17. The Labute approximate surface area is 156 Å². The third-order valence-electron chi connectivity index (χ3n) is 4.16. The van der Waals surface area contributed by atoms with Crippen molar-refractivity contribution in [3.63, 3.8) is 0 Å². The number of nitrogens with zero attached hydrogens (tertiary/aromatic N) is 2. The van der Waals surface area contributed by atoms with Gasteiger partial charge in [-0.3, -0.25) is 5.10 Å². The second kappa shape index (κ2) is 9.21. The van der Waals surface area contributed by atoms with E-state index in [1.54, 1.807) is 6.92 Å². The molecule has 0 radical (unpaired) electrons. The predicted molar refractivity (Wildman–Crippen MR) is 96.0 cm³/mol. The van der Waals surface area contributed by atoms with Crippen LogP contribution in [0.2, 0.25) is 0 Å². The van der Waals surface area contributed by atoms with Crippen LogP contribution >= 0.6 is 0 Å². The van der Waals surface area contributed by atoms with Gasteiger partial charge in [0.1, 0.15) is 0 Å². The summed E-state index contributed by atoms with van der Waals surface area (Å²) in [5.41, 5.74) is -0.239. The Bertz CT molecular complexity index is 743. The van der Waals surface area contributed by atoms with Crippen molar-refractivity contribution in [2.45, 2.75) is 45.8 Å². The third-order valence-corrected chi connectivity index (χ3v) is 4.16. The van der Waals surface area contributed by atoms with Gasteiger partial charge in [0.2, 0.25) is 0 Å². The van der Waals surface area contributed by atoms with Gasteiger partial charge in [-0.25, -0.2) is 4.39 Å². The van der Waals surface area contributed by atoms with Gasteiger partial charge >= 0.3 is 6.18 Å². The Morgan fingerprint density at radius 3 is 2.52 bits per heavy atom. The van der Waals surface area contributed by atoms with Gasteiger partial charge in [0, 0.05) is 17.7 Å². The Morgan fingerprint density at radius 1 is 1.15 bits per heavy atom. The van der Waals surface area contributed by atoms with E-state index < -0.39 is 23.3 Å². The van der Waals surface area contributed by atoms with E-state index in [2.05, 4.69) is 17.1 Å². The molecule has 0 amide bonds. The highest BCUT2D eigenvalue weighted by Gasteiger charge is 2.33. The number of alkyl halides is 3. The van der Waals surface area contributed by atoms with Crippen LogP contribution in [0.3, 0.4) is 0 Å². The van der Waals surface area contributed by atoms with Gasteiger partial charge in [-0.15, -0.1) is 0 Å². The number of H-pyrrole nitrogens is 1. The average molecular weight is 387 g/mol. The number of benzene rings is 1. The van der Waals surface area contributed by atoms with Crippen molar-refractivity contribution in [1.82, 2.24) is 15.1 Å². The van der Waals surface area contributed by atoms with E-state index in [4.69, 9.17) is 4.74 Å². The highest BCUT2D eigenvalue weighted by atomic mass is 19.4. The molecule has 1 aromatic heterocycles. The van der Waals surface area contributed by atoms with E-state index in [9.17, 15) is 17.6 Å². The van der Waals surface area contributed by atoms with Crippen molar-refractivity contribution in [2.24, 2.45) is 0 Å². The number of halogens is 4. The van der Waals surface area contributed by atoms with E-state index in [1.165, 1.54) is 6.20 Å². The van der Waals surface area contributed by atoms with Crippen LogP contribution < -0.4 is 4.74 Å². The number of nitrogens with one attached hydrogen (secondary N) is 1.